The Labute approximate surface area is 172 Å². The number of benzene rings is 2. The average molecular weight is 383 g/mol. The topological polar surface area (TPSA) is 30.9 Å². The van der Waals surface area contributed by atoms with Crippen molar-refractivity contribution in [1.29, 1.82) is 5.26 Å². The molecule has 3 nitrogen and oxygen atoms in total. The number of pyridine rings is 1. The number of anilines is 1. The fraction of sp³-hybridized carbons (Fsp3) is 0.385. The lowest BCUT2D eigenvalue weighted by Gasteiger charge is -2.35. The first kappa shape index (κ1) is 18.2. The van der Waals surface area contributed by atoms with Crippen LogP contribution < -0.4 is 9.47 Å². The largest absolute Gasteiger partial charge is 0.369 e. The lowest BCUT2D eigenvalue weighted by molar-refractivity contribution is -0.726. The Morgan fingerprint density at radius 3 is 2.59 bits per heavy atom. The Hall–Kier alpha value is -2.86. The van der Waals surface area contributed by atoms with Crippen LogP contribution in [0.2, 0.25) is 0 Å². The number of rotatable bonds is 2. The Balaban J connectivity index is 2.14. The van der Waals surface area contributed by atoms with Crippen LogP contribution >= 0.6 is 0 Å². The summed E-state index contributed by atoms with van der Waals surface area (Å²) in [5, 5.41) is 13.4. The summed E-state index contributed by atoms with van der Waals surface area (Å²) in [6.45, 7) is 14.8. The van der Waals surface area contributed by atoms with Crippen LogP contribution in [0.4, 0.5) is 5.69 Å². The molecule has 0 atom stereocenters. The second kappa shape index (κ2) is 5.60. The Morgan fingerprint density at radius 1 is 1.21 bits per heavy atom. The predicted molar refractivity (Wildman–Crippen MR) is 120 cm³/mol. The van der Waals surface area contributed by atoms with Crippen molar-refractivity contribution in [2.45, 2.75) is 51.5 Å². The molecule has 29 heavy (non-hydrogen) atoms. The number of nitrogens with zero attached hydrogens (tertiary/aromatic N) is 3. The fourth-order valence-electron chi connectivity index (χ4n) is 6.14. The first-order valence-electron chi connectivity index (χ1n) is 10.6. The van der Waals surface area contributed by atoms with Crippen LogP contribution in [0.15, 0.2) is 37.0 Å². The summed E-state index contributed by atoms with van der Waals surface area (Å²) in [7, 11) is 2.18. The van der Waals surface area contributed by atoms with Gasteiger partial charge in [0.2, 0.25) is 5.52 Å². The van der Waals surface area contributed by atoms with Gasteiger partial charge in [0.25, 0.3) is 0 Å². The quantitative estimate of drug-likeness (QED) is 0.438. The molecular weight excluding hydrogens is 354 g/mol. The van der Waals surface area contributed by atoms with Crippen molar-refractivity contribution in [3.63, 3.8) is 0 Å². The van der Waals surface area contributed by atoms with Crippen molar-refractivity contribution in [2.24, 2.45) is 0 Å². The van der Waals surface area contributed by atoms with Crippen molar-refractivity contribution in [3.05, 3.63) is 53.7 Å². The number of allylic oxidation sites excluding steroid dienone is 1. The van der Waals surface area contributed by atoms with Gasteiger partial charge in [-0.3, -0.25) is 0 Å². The Kier molecular flexibility index (Phi) is 3.51. The van der Waals surface area contributed by atoms with E-state index in [2.05, 4.69) is 87.3 Å². The molecule has 0 unspecified atom stereocenters. The smallest absolute Gasteiger partial charge is 0.222 e. The van der Waals surface area contributed by atoms with Gasteiger partial charge >= 0.3 is 0 Å². The molecule has 2 aliphatic rings. The minimum Gasteiger partial charge on any atom is -0.369 e. The van der Waals surface area contributed by atoms with Gasteiger partial charge in [-0.15, -0.1) is 0 Å². The molecule has 2 aliphatic heterocycles. The van der Waals surface area contributed by atoms with E-state index in [1.165, 1.54) is 38.7 Å². The van der Waals surface area contributed by atoms with Gasteiger partial charge in [0.15, 0.2) is 11.7 Å². The van der Waals surface area contributed by atoms with Gasteiger partial charge in [-0.25, -0.2) is 0 Å². The molecule has 1 aromatic heterocycles. The van der Waals surface area contributed by atoms with Crippen molar-refractivity contribution in [1.82, 2.24) is 0 Å². The molecule has 0 spiro atoms. The molecule has 5 rings (SSSR count). The van der Waals surface area contributed by atoms with Crippen LogP contribution in [0.3, 0.4) is 0 Å². The van der Waals surface area contributed by atoms with E-state index in [-0.39, 0.29) is 11.0 Å². The molecule has 2 aromatic carbocycles. The van der Waals surface area contributed by atoms with Crippen molar-refractivity contribution in [3.8, 4) is 6.07 Å². The highest BCUT2D eigenvalue weighted by atomic mass is 15.2. The van der Waals surface area contributed by atoms with Gasteiger partial charge in [0, 0.05) is 48.4 Å². The zero-order chi connectivity index (χ0) is 20.7. The Morgan fingerprint density at radius 2 is 1.93 bits per heavy atom. The summed E-state index contributed by atoms with van der Waals surface area (Å²) >= 11 is 0. The van der Waals surface area contributed by atoms with Gasteiger partial charge < -0.3 is 4.90 Å². The van der Waals surface area contributed by atoms with Gasteiger partial charge in [-0.05, 0) is 11.6 Å². The van der Waals surface area contributed by atoms with E-state index >= 15 is 0 Å². The van der Waals surface area contributed by atoms with Crippen LogP contribution in [0.25, 0.3) is 27.2 Å². The van der Waals surface area contributed by atoms with Crippen LogP contribution in [0.1, 0.15) is 57.2 Å². The molecule has 0 fully saturated rings. The van der Waals surface area contributed by atoms with Crippen LogP contribution in [-0.4, -0.2) is 13.6 Å². The minimum atomic E-state index is -0.143. The second-order valence-corrected chi connectivity index (χ2v) is 9.38. The van der Waals surface area contributed by atoms with Gasteiger partial charge in [-0.2, -0.15) is 9.83 Å². The maximum absolute atomic E-state index is 9.98. The summed E-state index contributed by atoms with van der Waals surface area (Å²) in [6, 6.07) is 11.0. The van der Waals surface area contributed by atoms with E-state index in [9.17, 15) is 5.26 Å². The second-order valence-electron chi connectivity index (χ2n) is 9.38. The fourth-order valence-corrected chi connectivity index (χ4v) is 6.14. The number of aromatic nitrogens is 1. The molecule has 3 aromatic rings. The highest BCUT2D eigenvalue weighted by Crippen LogP contribution is 2.50. The summed E-state index contributed by atoms with van der Waals surface area (Å²) in [5.74, 6) is 0. The van der Waals surface area contributed by atoms with Crippen molar-refractivity contribution < 1.29 is 4.57 Å². The Bertz CT molecular complexity index is 1270. The maximum Gasteiger partial charge on any atom is 0.222 e. The van der Waals surface area contributed by atoms with Gasteiger partial charge in [0.05, 0.1) is 22.4 Å². The molecule has 146 valence electrons. The van der Waals surface area contributed by atoms with E-state index in [1.54, 1.807) is 0 Å². The predicted octanol–water partition coefficient (Wildman–Crippen LogP) is 5.42. The van der Waals surface area contributed by atoms with E-state index < -0.39 is 0 Å². The highest BCUT2D eigenvalue weighted by Gasteiger charge is 2.49. The van der Waals surface area contributed by atoms with Gasteiger partial charge in [0.1, 0.15) is 5.69 Å². The monoisotopic (exact) mass is 382 g/mol. The standard InChI is InChI=1S/C26H28N3/c1-7-26(8-2)16(3)18-10-9-11-19-17(13-27)12-20-23-21(28(6)15-25(23,4)5)14-29(26)24(20)22(18)19/h9-12,14H,3,7-8,15H2,1-2,4-6H3/q+1. The van der Waals surface area contributed by atoms with Gasteiger partial charge in [-0.1, -0.05) is 52.5 Å². The average Bonchev–Trinajstić information content (AvgIpc) is 2.95. The van der Waals surface area contributed by atoms with E-state index in [0.717, 1.165) is 30.3 Å². The summed E-state index contributed by atoms with van der Waals surface area (Å²) in [6.07, 6.45) is 4.35. The SMILES string of the molecule is C=C1c2cccc3c(C#N)cc4c5c(c[n+](c4c23)C1(CC)CC)N(C)CC5(C)C. The van der Waals surface area contributed by atoms with E-state index in [1.807, 2.05) is 0 Å². The molecule has 0 aliphatic carbocycles. The minimum absolute atomic E-state index is 0.0358. The third kappa shape index (κ3) is 2.00. The maximum atomic E-state index is 9.98. The number of nitriles is 1. The van der Waals surface area contributed by atoms with Crippen molar-refractivity contribution >= 4 is 32.9 Å². The molecule has 0 bridgehead atoms. The van der Waals surface area contributed by atoms with Crippen LogP contribution in [0.5, 0.6) is 0 Å². The lowest BCUT2D eigenvalue weighted by atomic mass is 9.74. The zero-order valence-electron chi connectivity index (χ0n) is 18.1. The van der Waals surface area contributed by atoms with E-state index in [0.29, 0.717) is 0 Å². The van der Waals surface area contributed by atoms with E-state index in [4.69, 9.17) is 0 Å². The number of hydrogen-bond donors (Lipinski definition) is 0. The summed E-state index contributed by atoms with van der Waals surface area (Å²) in [4.78, 5) is 2.37. The third-order valence-electron chi connectivity index (χ3n) is 7.51. The summed E-state index contributed by atoms with van der Waals surface area (Å²) in [5.41, 5.74) is 6.95. The number of likely N-dealkylation sites (N-methyl/N-ethyl adjacent to an activating group) is 1. The third-order valence-corrected chi connectivity index (χ3v) is 7.51. The molecule has 3 heterocycles. The molecule has 0 radical (unpaired) electrons. The summed E-state index contributed by atoms with van der Waals surface area (Å²) < 4.78 is 2.50. The molecule has 0 amide bonds. The lowest BCUT2D eigenvalue weighted by Crippen LogP contribution is -2.58. The first-order valence-corrected chi connectivity index (χ1v) is 10.6. The number of hydrogen-bond acceptors (Lipinski definition) is 2. The first-order chi connectivity index (χ1) is 13.8. The highest BCUT2D eigenvalue weighted by molar-refractivity contribution is 6.14. The molecule has 0 saturated heterocycles. The van der Waals surface area contributed by atoms with Crippen molar-refractivity contribution in [2.75, 3.05) is 18.5 Å². The van der Waals surface area contributed by atoms with Crippen LogP contribution in [0, 0.1) is 11.3 Å². The molecule has 0 N–H and O–H groups in total. The normalized spacial score (nSPS) is 18.5. The molecule has 3 heteroatoms. The molecule has 0 saturated carbocycles. The number of fused-ring (bicyclic) bond motifs is 2. The molecular formula is C26H28N3+. The zero-order valence-corrected chi connectivity index (χ0v) is 18.1. The van der Waals surface area contributed by atoms with Crippen LogP contribution in [-0.2, 0) is 11.0 Å².